The minimum Gasteiger partial charge on any atom is -0.493 e. The third kappa shape index (κ3) is 4.06. The van der Waals surface area contributed by atoms with E-state index in [1.807, 2.05) is 12.1 Å². The van der Waals surface area contributed by atoms with E-state index >= 15 is 0 Å². The van der Waals surface area contributed by atoms with Crippen molar-refractivity contribution in [2.75, 3.05) is 25.3 Å². The number of nitrogens with zero attached hydrogens (tertiary/aromatic N) is 1. The summed E-state index contributed by atoms with van der Waals surface area (Å²) >= 11 is 1.50. The molecule has 1 saturated heterocycles. The van der Waals surface area contributed by atoms with Crippen molar-refractivity contribution in [1.29, 1.82) is 0 Å². The fourth-order valence-corrected chi connectivity index (χ4v) is 4.59. The van der Waals surface area contributed by atoms with Gasteiger partial charge in [-0.3, -0.25) is 9.59 Å². The Morgan fingerprint density at radius 1 is 1.11 bits per heavy atom. The van der Waals surface area contributed by atoms with E-state index in [1.54, 1.807) is 25.2 Å². The lowest BCUT2D eigenvalue weighted by Crippen LogP contribution is -2.44. The lowest BCUT2D eigenvalue weighted by Gasteiger charge is -2.28. The SMILES string of the molecule is COc1ccc([C@H]2SC[C@H](C(=O)Nc3ccc(F)cc3)N2C(C)=O)cc1OC. The van der Waals surface area contributed by atoms with Crippen LogP contribution in [0.1, 0.15) is 17.9 Å². The summed E-state index contributed by atoms with van der Waals surface area (Å²) in [6, 6.07) is 10.3. The van der Waals surface area contributed by atoms with Gasteiger partial charge < -0.3 is 19.7 Å². The van der Waals surface area contributed by atoms with Gasteiger partial charge in [0.25, 0.3) is 0 Å². The van der Waals surface area contributed by atoms with E-state index in [-0.39, 0.29) is 23.0 Å². The van der Waals surface area contributed by atoms with Gasteiger partial charge in [-0.05, 0) is 42.0 Å². The van der Waals surface area contributed by atoms with E-state index < -0.39 is 6.04 Å². The highest BCUT2D eigenvalue weighted by Gasteiger charge is 2.41. The quantitative estimate of drug-likeness (QED) is 0.827. The predicted octanol–water partition coefficient (Wildman–Crippen LogP) is 3.44. The minimum absolute atomic E-state index is 0.205. The van der Waals surface area contributed by atoms with Crippen molar-refractivity contribution < 1.29 is 23.5 Å². The summed E-state index contributed by atoms with van der Waals surface area (Å²) in [4.78, 5) is 26.7. The molecule has 1 fully saturated rings. The molecule has 0 aliphatic carbocycles. The summed E-state index contributed by atoms with van der Waals surface area (Å²) in [5.74, 6) is 0.707. The first-order valence-electron chi connectivity index (χ1n) is 8.63. The highest BCUT2D eigenvalue weighted by Crippen LogP contribution is 2.43. The molecule has 1 N–H and O–H groups in total. The molecule has 1 heterocycles. The number of rotatable bonds is 5. The van der Waals surface area contributed by atoms with E-state index in [1.165, 1.54) is 43.0 Å². The normalized spacial score (nSPS) is 18.6. The molecule has 2 aromatic carbocycles. The van der Waals surface area contributed by atoms with Gasteiger partial charge in [-0.15, -0.1) is 11.8 Å². The van der Waals surface area contributed by atoms with Crippen molar-refractivity contribution in [3.05, 3.63) is 53.8 Å². The Labute approximate surface area is 167 Å². The number of benzene rings is 2. The van der Waals surface area contributed by atoms with Gasteiger partial charge in [-0.25, -0.2) is 4.39 Å². The molecule has 0 saturated carbocycles. The summed E-state index contributed by atoms with van der Waals surface area (Å²) < 4.78 is 23.7. The number of carbonyl (C=O) groups is 2. The summed E-state index contributed by atoms with van der Waals surface area (Å²) in [7, 11) is 3.10. The highest BCUT2D eigenvalue weighted by atomic mass is 32.2. The minimum atomic E-state index is -0.634. The molecule has 3 rings (SSSR count). The Kier molecular flexibility index (Phi) is 6.08. The largest absolute Gasteiger partial charge is 0.493 e. The van der Waals surface area contributed by atoms with Gasteiger partial charge in [0.2, 0.25) is 11.8 Å². The second kappa shape index (κ2) is 8.52. The molecule has 0 aromatic heterocycles. The van der Waals surface area contributed by atoms with Crippen LogP contribution in [0.4, 0.5) is 10.1 Å². The zero-order valence-electron chi connectivity index (χ0n) is 15.8. The van der Waals surface area contributed by atoms with Crippen LogP contribution in [0.2, 0.25) is 0 Å². The summed E-state index contributed by atoms with van der Waals surface area (Å²) in [6.45, 7) is 1.44. The first kappa shape index (κ1) is 20.0. The Morgan fingerprint density at radius 2 is 1.79 bits per heavy atom. The highest BCUT2D eigenvalue weighted by molar-refractivity contribution is 7.99. The molecule has 28 heavy (non-hydrogen) atoms. The second-order valence-corrected chi connectivity index (χ2v) is 7.35. The van der Waals surface area contributed by atoms with Crippen LogP contribution in [0, 0.1) is 5.82 Å². The van der Waals surface area contributed by atoms with Gasteiger partial charge in [0, 0.05) is 18.4 Å². The Bertz CT molecular complexity index is 875. The molecule has 2 aromatic rings. The molecule has 1 aliphatic rings. The lowest BCUT2D eigenvalue weighted by atomic mass is 10.1. The van der Waals surface area contributed by atoms with Crippen LogP contribution in [0.25, 0.3) is 0 Å². The Balaban J connectivity index is 1.83. The molecular weight excluding hydrogens is 383 g/mol. The third-order valence-corrected chi connectivity index (χ3v) is 5.79. The maximum absolute atomic E-state index is 13.1. The van der Waals surface area contributed by atoms with E-state index in [2.05, 4.69) is 5.32 Å². The van der Waals surface area contributed by atoms with E-state index in [0.717, 1.165) is 5.56 Å². The van der Waals surface area contributed by atoms with Gasteiger partial charge in [-0.1, -0.05) is 6.07 Å². The number of ether oxygens (including phenoxy) is 2. The van der Waals surface area contributed by atoms with E-state index in [4.69, 9.17) is 9.47 Å². The number of methoxy groups -OCH3 is 2. The number of hydrogen-bond donors (Lipinski definition) is 1. The van der Waals surface area contributed by atoms with Crippen LogP contribution in [0.3, 0.4) is 0 Å². The molecule has 8 heteroatoms. The van der Waals surface area contributed by atoms with Gasteiger partial charge >= 0.3 is 0 Å². The predicted molar refractivity (Wildman–Crippen MR) is 106 cm³/mol. The van der Waals surface area contributed by atoms with Crippen LogP contribution >= 0.6 is 11.8 Å². The van der Waals surface area contributed by atoms with Crippen LogP contribution in [0.15, 0.2) is 42.5 Å². The maximum atomic E-state index is 13.1. The summed E-state index contributed by atoms with van der Waals surface area (Å²) in [5.41, 5.74) is 1.32. The zero-order valence-corrected chi connectivity index (χ0v) is 16.6. The summed E-state index contributed by atoms with van der Waals surface area (Å²) in [5, 5.41) is 2.43. The zero-order chi connectivity index (χ0) is 20.3. The second-order valence-electron chi connectivity index (χ2n) is 6.24. The lowest BCUT2D eigenvalue weighted by molar-refractivity contribution is -0.136. The van der Waals surface area contributed by atoms with Gasteiger partial charge in [-0.2, -0.15) is 0 Å². The van der Waals surface area contributed by atoms with E-state index in [9.17, 15) is 14.0 Å². The molecule has 2 atom stereocenters. The molecule has 2 amide bonds. The van der Waals surface area contributed by atoms with Crippen molar-refractivity contribution >= 4 is 29.3 Å². The maximum Gasteiger partial charge on any atom is 0.248 e. The van der Waals surface area contributed by atoms with E-state index in [0.29, 0.717) is 22.9 Å². The molecule has 0 unspecified atom stereocenters. The first-order chi connectivity index (χ1) is 13.4. The van der Waals surface area contributed by atoms with Crippen molar-refractivity contribution in [2.24, 2.45) is 0 Å². The van der Waals surface area contributed by atoms with Crippen LogP contribution in [-0.2, 0) is 9.59 Å². The molecule has 1 aliphatic heterocycles. The third-order valence-electron chi connectivity index (χ3n) is 4.47. The topological polar surface area (TPSA) is 67.9 Å². The average molecular weight is 404 g/mol. The standard InChI is InChI=1S/C20H21FN2O4S/c1-12(24)23-16(19(25)22-15-7-5-14(21)6-8-15)11-28-20(23)13-4-9-17(26-2)18(10-13)27-3/h4-10,16,20H,11H2,1-3H3,(H,22,25)/t16-,20-/m1/s1. The summed E-state index contributed by atoms with van der Waals surface area (Å²) in [6.07, 6.45) is 0. The number of halogens is 1. The Hall–Kier alpha value is -2.74. The number of nitrogens with one attached hydrogen (secondary N) is 1. The van der Waals surface area contributed by atoms with Gasteiger partial charge in [0.15, 0.2) is 11.5 Å². The first-order valence-corrected chi connectivity index (χ1v) is 9.68. The van der Waals surface area contributed by atoms with Crippen LogP contribution < -0.4 is 14.8 Å². The molecule has 0 radical (unpaired) electrons. The van der Waals surface area contributed by atoms with Gasteiger partial charge in [0.05, 0.1) is 14.2 Å². The van der Waals surface area contributed by atoms with Crippen molar-refractivity contribution in [3.63, 3.8) is 0 Å². The smallest absolute Gasteiger partial charge is 0.248 e. The fraction of sp³-hybridized carbons (Fsp3) is 0.300. The molecule has 0 bridgehead atoms. The van der Waals surface area contributed by atoms with Crippen LogP contribution in [0.5, 0.6) is 11.5 Å². The molecular formula is C20H21FN2O4S. The average Bonchev–Trinajstić information content (AvgIpc) is 3.14. The number of amides is 2. The molecule has 6 nitrogen and oxygen atoms in total. The number of carbonyl (C=O) groups excluding carboxylic acids is 2. The molecule has 0 spiro atoms. The number of anilines is 1. The number of thioether (sulfide) groups is 1. The Morgan fingerprint density at radius 3 is 2.39 bits per heavy atom. The number of hydrogen-bond acceptors (Lipinski definition) is 5. The fourth-order valence-electron chi connectivity index (χ4n) is 3.11. The van der Waals surface area contributed by atoms with Gasteiger partial charge in [0.1, 0.15) is 17.2 Å². The molecule has 148 valence electrons. The monoisotopic (exact) mass is 404 g/mol. The van der Waals surface area contributed by atoms with Crippen molar-refractivity contribution in [1.82, 2.24) is 4.90 Å². The van der Waals surface area contributed by atoms with Crippen LogP contribution in [-0.4, -0.2) is 42.7 Å². The van der Waals surface area contributed by atoms with Crippen molar-refractivity contribution in [2.45, 2.75) is 18.3 Å². The van der Waals surface area contributed by atoms with Crippen molar-refractivity contribution in [3.8, 4) is 11.5 Å².